The second kappa shape index (κ2) is 5.07. The van der Waals surface area contributed by atoms with E-state index in [1.165, 1.54) is 0 Å². The summed E-state index contributed by atoms with van der Waals surface area (Å²) in [5, 5.41) is 0. The van der Waals surface area contributed by atoms with Crippen molar-refractivity contribution in [2.24, 2.45) is 11.8 Å². The number of esters is 2. The zero-order valence-corrected chi connectivity index (χ0v) is 10.7. The van der Waals surface area contributed by atoms with Crippen LogP contribution in [-0.2, 0) is 19.1 Å². The highest BCUT2D eigenvalue weighted by Gasteiger charge is 2.51. The molecule has 1 heterocycles. The zero-order chi connectivity index (χ0) is 14.1. The van der Waals surface area contributed by atoms with Crippen LogP contribution in [0.5, 0.6) is 0 Å². The van der Waals surface area contributed by atoms with Gasteiger partial charge in [0.1, 0.15) is 18.5 Å². The lowest BCUT2D eigenvalue weighted by Crippen LogP contribution is -2.27. The van der Waals surface area contributed by atoms with Gasteiger partial charge in [0, 0.05) is 12.3 Å². The van der Waals surface area contributed by atoms with Crippen LogP contribution in [0.15, 0.2) is 30.3 Å². The van der Waals surface area contributed by atoms with Crippen LogP contribution in [-0.4, -0.2) is 30.4 Å². The van der Waals surface area contributed by atoms with E-state index in [0.717, 1.165) is 6.29 Å². The summed E-state index contributed by atoms with van der Waals surface area (Å²) < 4.78 is 10.6. The van der Waals surface area contributed by atoms with Gasteiger partial charge in [-0.25, -0.2) is 4.79 Å². The molecule has 1 aliphatic carbocycles. The normalized spacial score (nSPS) is 31.5. The summed E-state index contributed by atoms with van der Waals surface area (Å²) in [6.07, 6.45) is 0.594. The maximum absolute atomic E-state index is 12.0. The fourth-order valence-electron chi connectivity index (χ4n) is 2.99. The Hall–Kier alpha value is -2.17. The number of fused-ring (bicyclic) bond motifs is 1. The van der Waals surface area contributed by atoms with Gasteiger partial charge in [-0.2, -0.15) is 0 Å². The Bertz CT molecular complexity index is 538. The minimum atomic E-state index is -0.511. The van der Waals surface area contributed by atoms with E-state index in [-0.39, 0.29) is 24.4 Å². The summed E-state index contributed by atoms with van der Waals surface area (Å²) in [4.78, 5) is 34.4. The molecule has 2 unspecified atom stereocenters. The zero-order valence-electron chi connectivity index (χ0n) is 10.7. The first kappa shape index (κ1) is 12.8. The predicted octanol–water partition coefficient (Wildman–Crippen LogP) is 1.36. The van der Waals surface area contributed by atoms with E-state index in [1.54, 1.807) is 24.3 Å². The van der Waals surface area contributed by atoms with Gasteiger partial charge in [0.25, 0.3) is 0 Å². The number of hydrogen-bond acceptors (Lipinski definition) is 5. The molecular formula is C15H14O5. The molecule has 0 radical (unpaired) electrons. The number of rotatable bonds is 3. The first-order valence-corrected chi connectivity index (χ1v) is 6.60. The topological polar surface area (TPSA) is 69.7 Å². The summed E-state index contributed by atoms with van der Waals surface area (Å²) in [5.41, 5.74) is 0.450. The molecule has 5 nitrogen and oxygen atoms in total. The van der Waals surface area contributed by atoms with Gasteiger partial charge in [-0.15, -0.1) is 0 Å². The predicted molar refractivity (Wildman–Crippen MR) is 67.8 cm³/mol. The van der Waals surface area contributed by atoms with Crippen LogP contribution in [0.1, 0.15) is 23.2 Å². The van der Waals surface area contributed by atoms with Crippen molar-refractivity contribution >= 4 is 18.2 Å². The molecule has 0 aromatic heterocycles. The van der Waals surface area contributed by atoms with Crippen molar-refractivity contribution in [3.63, 3.8) is 0 Å². The van der Waals surface area contributed by atoms with Crippen molar-refractivity contribution < 1.29 is 23.9 Å². The highest BCUT2D eigenvalue weighted by molar-refractivity contribution is 5.89. The van der Waals surface area contributed by atoms with Crippen LogP contribution >= 0.6 is 0 Å². The molecule has 0 amide bonds. The Kier molecular flexibility index (Phi) is 3.26. The molecule has 2 aliphatic rings. The summed E-state index contributed by atoms with van der Waals surface area (Å²) >= 11 is 0. The second-order valence-corrected chi connectivity index (χ2v) is 5.16. The maximum atomic E-state index is 12.0. The Morgan fingerprint density at radius 1 is 1.30 bits per heavy atom. The van der Waals surface area contributed by atoms with E-state index in [9.17, 15) is 14.4 Å². The van der Waals surface area contributed by atoms with E-state index >= 15 is 0 Å². The van der Waals surface area contributed by atoms with Crippen molar-refractivity contribution in [3.8, 4) is 0 Å². The lowest BCUT2D eigenvalue weighted by Gasteiger charge is -2.17. The number of aldehydes is 1. The first-order chi connectivity index (χ1) is 9.69. The first-order valence-electron chi connectivity index (χ1n) is 6.60. The Morgan fingerprint density at radius 3 is 2.75 bits per heavy atom. The summed E-state index contributed by atoms with van der Waals surface area (Å²) in [5.74, 6) is -1.35. The van der Waals surface area contributed by atoms with E-state index in [0.29, 0.717) is 12.0 Å². The second-order valence-electron chi connectivity index (χ2n) is 5.16. The molecule has 1 saturated heterocycles. The average molecular weight is 274 g/mol. The molecule has 1 aromatic carbocycles. The number of hydrogen-bond donors (Lipinski definition) is 0. The number of carbonyl (C=O) groups excluding carboxylic acids is 3. The molecular weight excluding hydrogens is 260 g/mol. The molecule has 104 valence electrons. The van der Waals surface area contributed by atoms with Crippen LogP contribution in [0, 0.1) is 11.8 Å². The summed E-state index contributed by atoms with van der Waals surface area (Å²) in [6.45, 7) is 0. The average Bonchev–Trinajstić information content (AvgIpc) is 2.95. The molecule has 0 N–H and O–H groups in total. The lowest BCUT2D eigenvalue weighted by atomic mass is 9.93. The molecule has 1 saturated carbocycles. The maximum Gasteiger partial charge on any atom is 0.338 e. The molecule has 3 rings (SSSR count). The number of ether oxygens (including phenoxy) is 2. The summed E-state index contributed by atoms with van der Waals surface area (Å²) in [7, 11) is 0. The van der Waals surface area contributed by atoms with Gasteiger partial charge in [-0.1, -0.05) is 18.2 Å². The van der Waals surface area contributed by atoms with Crippen LogP contribution in [0.25, 0.3) is 0 Å². The monoisotopic (exact) mass is 274 g/mol. The van der Waals surface area contributed by atoms with Gasteiger partial charge in [0.2, 0.25) is 0 Å². The highest BCUT2D eigenvalue weighted by Crippen LogP contribution is 2.41. The van der Waals surface area contributed by atoms with Crippen molar-refractivity contribution in [1.29, 1.82) is 0 Å². The standard InChI is InChI=1S/C15H14O5/c16-8-11-10-6-14(17)19-12(10)7-13(11)20-15(18)9-4-2-1-3-5-9/h1-5,8,10-13H,6-7H2/t10-,11-,12?,13?/m1/s1. The van der Waals surface area contributed by atoms with Crippen molar-refractivity contribution in [2.45, 2.75) is 25.0 Å². The van der Waals surface area contributed by atoms with Crippen molar-refractivity contribution in [3.05, 3.63) is 35.9 Å². The van der Waals surface area contributed by atoms with Crippen LogP contribution < -0.4 is 0 Å². The van der Waals surface area contributed by atoms with Gasteiger partial charge in [0.15, 0.2) is 0 Å². The van der Waals surface area contributed by atoms with Crippen LogP contribution in [0.4, 0.5) is 0 Å². The lowest BCUT2D eigenvalue weighted by molar-refractivity contribution is -0.141. The van der Waals surface area contributed by atoms with Gasteiger partial charge in [-0.05, 0) is 12.1 Å². The van der Waals surface area contributed by atoms with Gasteiger partial charge < -0.3 is 14.3 Å². The SMILES string of the molecule is O=C[C@H]1C(OC(=O)c2ccccc2)CC2OC(=O)C[C@@H]21. The fraction of sp³-hybridized carbons (Fsp3) is 0.400. The largest absolute Gasteiger partial charge is 0.462 e. The molecule has 2 fully saturated rings. The minimum absolute atomic E-state index is 0.159. The Morgan fingerprint density at radius 2 is 2.05 bits per heavy atom. The molecule has 20 heavy (non-hydrogen) atoms. The smallest absolute Gasteiger partial charge is 0.338 e. The number of carbonyl (C=O) groups is 3. The molecule has 0 spiro atoms. The van der Waals surface area contributed by atoms with Gasteiger partial charge in [0.05, 0.1) is 17.9 Å². The molecule has 1 aliphatic heterocycles. The third-order valence-electron chi connectivity index (χ3n) is 3.98. The van der Waals surface area contributed by atoms with Gasteiger partial charge >= 0.3 is 11.9 Å². The van der Waals surface area contributed by atoms with Crippen molar-refractivity contribution in [2.75, 3.05) is 0 Å². The van der Waals surface area contributed by atoms with E-state index < -0.39 is 18.0 Å². The third kappa shape index (κ3) is 2.19. The van der Waals surface area contributed by atoms with Crippen LogP contribution in [0.3, 0.4) is 0 Å². The molecule has 5 heteroatoms. The van der Waals surface area contributed by atoms with E-state index in [2.05, 4.69) is 0 Å². The van der Waals surface area contributed by atoms with Crippen molar-refractivity contribution in [1.82, 2.24) is 0 Å². The molecule has 4 atom stereocenters. The quantitative estimate of drug-likeness (QED) is 0.615. The van der Waals surface area contributed by atoms with Crippen LogP contribution in [0.2, 0.25) is 0 Å². The number of benzene rings is 1. The Balaban J connectivity index is 1.71. The molecule has 0 bridgehead atoms. The van der Waals surface area contributed by atoms with Gasteiger partial charge in [-0.3, -0.25) is 4.79 Å². The highest BCUT2D eigenvalue weighted by atomic mass is 16.6. The third-order valence-corrected chi connectivity index (χ3v) is 3.98. The fourth-order valence-corrected chi connectivity index (χ4v) is 2.99. The summed E-state index contributed by atoms with van der Waals surface area (Å²) in [6, 6.07) is 8.63. The van der Waals surface area contributed by atoms with E-state index in [1.807, 2.05) is 6.07 Å². The van der Waals surface area contributed by atoms with E-state index in [4.69, 9.17) is 9.47 Å². The minimum Gasteiger partial charge on any atom is -0.462 e. The Labute approximate surface area is 115 Å². The molecule has 1 aromatic rings.